The van der Waals surface area contributed by atoms with E-state index in [1.807, 2.05) is 31.2 Å². The van der Waals surface area contributed by atoms with Gasteiger partial charge < -0.3 is 14.6 Å². The second-order valence-electron chi connectivity index (χ2n) is 8.45. The first-order valence-electron chi connectivity index (χ1n) is 11.1. The number of piperazine rings is 1. The lowest BCUT2D eigenvalue weighted by molar-refractivity contribution is 0.0951. The fourth-order valence-corrected chi connectivity index (χ4v) is 3.97. The second-order valence-corrected chi connectivity index (χ2v) is 8.45. The summed E-state index contributed by atoms with van der Waals surface area (Å²) in [7, 11) is 0. The highest BCUT2D eigenvalue weighted by Crippen LogP contribution is 2.25. The Morgan fingerprint density at radius 3 is 2.42 bits per heavy atom. The van der Waals surface area contributed by atoms with Gasteiger partial charge in [0.2, 0.25) is 5.89 Å². The predicted octanol–water partition coefficient (Wildman–Crippen LogP) is 3.86. The van der Waals surface area contributed by atoms with Crippen molar-refractivity contribution in [3.63, 3.8) is 0 Å². The second kappa shape index (κ2) is 8.55. The summed E-state index contributed by atoms with van der Waals surface area (Å²) in [5, 5.41) is 3.01. The highest BCUT2D eigenvalue weighted by molar-refractivity contribution is 5.94. The molecule has 0 bridgehead atoms. The van der Waals surface area contributed by atoms with Crippen LogP contribution in [-0.4, -0.2) is 48.0 Å². The SMILES string of the molecule is Cc1oc(-c2ccc(C(=O)NC3CC3)cc2)nc1CN1CCN(c2ccccc2)CC1. The number of carbonyl (C=O) groups is 1. The van der Waals surface area contributed by atoms with E-state index >= 15 is 0 Å². The molecule has 2 aliphatic rings. The van der Waals surface area contributed by atoms with E-state index in [1.54, 1.807) is 0 Å². The Morgan fingerprint density at radius 1 is 1.03 bits per heavy atom. The van der Waals surface area contributed by atoms with E-state index in [9.17, 15) is 4.79 Å². The van der Waals surface area contributed by atoms with Gasteiger partial charge in [-0.05, 0) is 56.2 Å². The van der Waals surface area contributed by atoms with Crippen LogP contribution in [0.25, 0.3) is 11.5 Å². The summed E-state index contributed by atoms with van der Waals surface area (Å²) in [6, 6.07) is 18.5. The summed E-state index contributed by atoms with van der Waals surface area (Å²) in [6.45, 7) is 6.79. The average Bonchev–Trinajstić information content (AvgIpc) is 3.56. The Labute approximate surface area is 182 Å². The number of para-hydroxylation sites is 1. The number of rotatable bonds is 6. The first-order chi connectivity index (χ1) is 15.2. The zero-order valence-electron chi connectivity index (χ0n) is 17.9. The average molecular weight is 417 g/mol. The van der Waals surface area contributed by atoms with Crippen molar-refractivity contribution in [2.75, 3.05) is 31.1 Å². The molecule has 5 rings (SSSR count). The van der Waals surface area contributed by atoms with Crippen LogP contribution >= 0.6 is 0 Å². The predicted molar refractivity (Wildman–Crippen MR) is 121 cm³/mol. The van der Waals surface area contributed by atoms with E-state index in [0.29, 0.717) is 17.5 Å². The number of amides is 1. The van der Waals surface area contributed by atoms with Gasteiger partial charge in [-0.15, -0.1) is 0 Å². The van der Waals surface area contributed by atoms with Crippen molar-refractivity contribution in [2.45, 2.75) is 32.4 Å². The maximum atomic E-state index is 12.2. The maximum Gasteiger partial charge on any atom is 0.251 e. The molecule has 1 saturated heterocycles. The minimum atomic E-state index is -0.00651. The molecular formula is C25H28N4O2. The van der Waals surface area contributed by atoms with E-state index in [2.05, 4.69) is 45.4 Å². The molecule has 31 heavy (non-hydrogen) atoms. The first-order valence-corrected chi connectivity index (χ1v) is 11.1. The number of aromatic nitrogens is 1. The summed E-state index contributed by atoms with van der Waals surface area (Å²) < 4.78 is 5.96. The molecule has 0 spiro atoms. The molecule has 1 N–H and O–H groups in total. The lowest BCUT2D eigenvalue weighted by Crippen LogP contribution is -2.46. The van der Waals surface area contributed by atoms with E-state index in [0.717, 1.165) is 62.6 Å². The molecule has 2 fully saturated rings. The fraction of sp³-hybridized carbons (Fsp3) is 0.360. The van der Waals surface area contributed by atoms with Crippen molar-refractivity contribution in [3.05, 3.63) is 71.6 Å². The molecule has 1 aromatic heterocycles. The Morgan fingerprint density at radius 2 is 1.74 bits per heavy atom. The van der Waals surface area contributed by atoms with Crippen LogP contribution in [0.4, 0.5) is 5.69 Å². The summed E-state index contributed by atoms with van der Waals surface area (Å²) in [5.41, 5.74) is 3.84. The minimum Gasteiger partial charge on any atom is -0.441 e. The molecule has 1 aliphatic carbocycles. The van der Waals surface area contributed by atoms with Crippen molar-refractivity contribution in [1.82, 2.24) is 15.2 Å². The molecule has 2 heterocycles. The van der Waals surface area contributed by atoms with Gasteiger partial charge in [0.25, 0.3) is 5.91 Å². The lowest BCUT2D eigenvalue weighted by atomic mass is 10.1. The maximum absolute atomic E-state index is 12.2. The molecular weight excluding hydrogens is 388 g/mol. The normalized spacial score (nSPS) is 17.0. The number of hydrogen-bond donors (Lipinski definition) is 1. The summed E-state index contributed by atoms with van der Waals surface area (Å²) in [6.07, 6.45) is 2.17. The number of carbonyl (C=O) groups excluding carboxylic acids is 1. The third kappa shape index (κ3) is 4.64. The van der Waals surface area contributed by atoms with Crippen LogP contribution in [0.1, 0.15) is 34.7 Å². The zero-order valence-corrected chi connectivity index (χ0v) is 17.9. The minimum absolute atomic E-state index is 0.00651. The molecule has 160 valence electrons. The van der Waals surface area contributed by atoms with Gasteiger partial charge in [0.1, 0.15) is 5.76 Å². The number of nitrogens with one attached hydrogen (secondary N) is 1. The molecule has 1 amide bonds. The van der Waals surface area contributed by atoms with Gasteiger partial charge in [-0.25, -0.2) is 4.98 Å². The topological polar surface area (TPSA) is 61.6 Å². The monoisotopic (exact) mass is 416 g/mol. The summed E-state index contributed by atoms with van der Waals surface area (Å²) >= 11 is 0. The number of anilines is 1. The van der Waals surface area contributed by atoms with Gasteiger partial charge in [-0.3, -0.25) is 9.69 Å². The fourth-order valence-electron chi connectivity index (χ4n) is 3.97. The molecule has 1 aliphatic heterocycles. The van der Waals surface area contributed by atoms with Gasteiger partial charge in [0.05, 0.1) is 5.69 Å². The lowest BCUT2D eigenvalue weighted by Gasteiger charge is -2.35. The third-order valence-corrected chi connectivity index (χ3v) is 6.07. The Balaban J connectivity index is 1.20. The highest BCUT2D eigenvalue weighted by atomic mass is 16.4. The van der Waals surface area contributed by atoms with Gasteiger partial charge in [0.15, 0.2) is 0 Å². The van der Waals surface area contributed by atoms with Crippen molar-refractivity contribution < 1.29 is 9.21 Å². The van der Waals surface area contributed by atoms with E-state index in [1.165, 1.54) is 5.69 Å². The van der Waals surface area contributed by atoms with E-state index < -0.39 is 0 Å². The quantitative estimate of drug-likeness (QED) is 0.661. The molecule has 6 nitrogen and oxygen atoms in total. The highest BCUT2D eigenvalue weighted by Gasteiger charge is 2.24. The number of nitrogens with zero attached hydrogens (tertiary/aromatic N) is 3. The number of benzene rings is 2. The van der Waals surface area contributed by atoms with Crippen LogP contribution in [-0.2, 0) is 6.54 Å². The molecule has 0 radical (unpaired) electrons. The summed E-state index contributed by atoms with van der Waals surface area (Å²) in [5.74, 6) is 1.47. The molecule has 0 atom stereocenters. The van der Waals surface area contributed by atoms with Crippen molar-refractivity contribution >= 4 is 11.6 Å². The van der Waals surface area contributed by atoms with Crippen LogP contribution in [0.5, 0.6) is 0 Å². The van der Waals surface area contributed by atoms with Crippen molar-refractivity contribution in [1.29, 1.82) is 0 Å². The van der Waals surface area contributed by atoms with Crippen LogP contribution in [0.15, 0.2) is 59.0 Å². The largest absolute Gasteiger partial charge is 0.441 e. The van der Waals surface area contributed by atoms with Gasteiger partial charge in [-0.2, -0.15) is 0 Å². The van der Waals surface area contributed by atoms with Gasteiger partial charge >= 0.3 is 0 Å². The first kappa shape index (κ1) is 19.8. The standard InChI is InChI=1S/C25H28N4O2/c1-18-23(17-28-13-15-29(16-14-28)22-5-3-2-4-6-22)27-25(31-18)20-9-7-19(8-10-20)24(30)26-21-11-12-21/h2-10,21H,11-17H2,1H3,(H,26,30). The third-order valence-electron chi connectivity index (χ3n) is 6.07. The summed E-state index contributed by atoms with van der Waals surface area (Å²) in [4.78, 5) is 21.8. The molecule has 0 unspecified atom stereocenters. The number of hydrogen-bond acceptors (Lipinski definition) is 5. The van der Waals surface area contributed by atoms with Gasteiger partial charge in [-0.1, -0.05) is 18.2 Å². The zero-order chi connectivity index (χ0) is 21.2. The van der Waals surface area contributed by atoms with Gasteiger partial charge in [0, 0.05) is 55.6 Å². The molecule has 1 saturated carbocycles. The Kier molecular flexibility index (Phi) is 5.47. The van der Waals surface area contributed by atoms with Crippen LogP contribution in [0.3, 0.4) is 0 Å². The van der Waals surface area contributed by atoms with Crippen LogP contribution < -0.4 is 10.2 Å². The number of oxazole rings is 1. The molecule has 2 aromatic carbocycles. The van der Waals surface area contributed by atoms with Crippen LogP contribution in [0, 0.1) is 6.92 Å². The molecule has 6 heteroatoms. The van der Waals surface area contributed by atoms with Crippen molar-refractivity contribution in [2.24, 2.45) is 0 Å². The van der Waals surface area contributed by atoms with E-state index in [4.69, 9.17) is 9.40 Å². The van der Waals surface area contributed by atoms with Crippen LogP contribution in [0.2, 0.25) is 0 Å². The van der Waals surface area contributed by atoms with Crippen molar-refractivity contribution in [3.8, 4) is 11.5 Å². The number of aryl methyl sites for hydroxylation is 1. The molecule has 3 aromatic rings. The Hall–Kier alpha value is -3.12. The smallest absolute Gasteiger partial charge is 0.251 e. The Bertz CT molecular complexity index is 1030. The van der Waals surface area contributed by atoms with E-state index in [-0.39, 0.29) is 5.91 Å².